The van der Waals surface area contributed by atoms with Crippen LogP contribution >= 0.6 is 0 Å². The molecule has 1 rings (SSSR count). The summed E-state index contributed by atoms with van der Waals surface area (Å²) in [5.41, 5.74) is 3.20. The number of rotatable bonds is 7. The fourth-order valence-electron chi connectivity index (χ4n) is 1.26. The van der Waals surface area contributed by atoms with Crippen LogP contribution in [0.4, 0.5) is 5.82 Å². The van der Waals surface area contributed by atoms with E-state index in [0.717, 1.165) is 11.9 Å². The number of anilines is 1. The summed E-state index contributed by atoms with van der Waals surface area (Å²) < 4.78 is 0. The van der Waals surface area contributed by atoms with E-state index in [4.69, 9.17) is 10.2 Å². The van der Waals surface area contributed by atoms with Crippen molar-refractivity contribution in [1.29, 1.82) is 0 Å². The van der Waals surface area contributed by atoms with Gasteiger partial charge in [-0.25, -0.2) is 0 Å². The van der Waals surface area contributed by atoms with Crippen LogP contribution in [0.2, 0.25) is 0 Å². The lowest BCUT2D eigenvalue weighted by molar-refractivity contribution is -0.0999. The maximum atomic E-state index is 9.53. The van der Waals surface area contributed by atoms with Gasteiger partial charge in [-0.1, -0.05) is 0 Å². The maximum Gasteiger partial charge on any atom is 0.168 e. The fraction of sp³-hybridized carbons (Fsp3) is 0.545. The predicted molar refractivity (Wildman–Crippen MR) is 70.0 cm³/mol. The molecule has 0 fully saturated rings. The van der Waals surface area contributed by atoms with Crippen LogP contribution in [-0.2, 0) is 0 Å². The minimum absolute atomic E-state index is 0.337. The molecule has 0 unspecified atom stereocenters. The van der Waals surface area contributed by atoms with Gasteiger partial charge in [0.05, 0.1) is 18.5 Å². The lowest BCUT2D eigenvalue weighted by Crippen LogP contribution is -2.46. The van der Waals surface area contributed by atoms with Crippen LogP contribution in [0.5, 0.6) is 0 Å². The van der Waals surface area contributed by atoms with E-state index in [2.05, 4.69) is 20.7 Å². The molecule has 9 heteroatoms. The van der Waals surface area contributed by atoms with Gasteiger partial charge in [0, 0.05) is 0 Å². The van der Waals surface area contributed by atoms with Crippen molar-refractivity contribution in [2.75, 3.05) is 12.0 Å². The van der Waals surface area contributed by atoms with Gasteiger partial charge in [0.25, 0.3) is 0 Å². The molecule has 0 saturated carbocycles. The molecule has 0 saturated heterocycles. The Morgan fingerprint density at radius 3 is 2.45 bits per heavy atom. The van der Waals surface area contributed by atoms with Gasteiger partial charge >= 0.3 is 0 Å². The van der Waals surface area contributed by atoms with Crippen LogP contribution < -0.4 is 5.43 Å². The number of aryl methyl sites for hydroxylation is 1. The third kappa shape index (κ3) is 4.79. The lowest BCUT2D eigenvalue weighted by atomic mass is 10.0. The zero-order valence-corrected chi connectivity index (χ0v) is 10.8. The smallest absolute Gasteiger partial charge is 0.168 e. The Morgan fingerprint density at radius 1 is 1.20 bits per heavy atom. The van der Waals surface area contributed by atoms with E-state index < -0.39 is 31.0 Å². The molecule has 0 amide bonds. The number of aromatic nitrogens is 2. The Labute approximate surface area is 115 Å². The van der Waals surface area contributed by atoms with Gasteiger partial charge in [-0.15, -0.1) is 5.10 Å². The largest absolute Gasteiger partial charge is 0.394 e. The zero-order chi connectivity index (χ0) is 15.1. The molecule has 0 aliphatic heterocycles. The van der Waals surface area contributed by atoms with Crippen molar-refractivity contribution >= 4 is 12.0 Å². The minimum Gasteiger partial charge on any atom is -0.394 e. The van der Waals surface area contributed by atoms with Crippen molar-refractivity contribution in [2.24, 2.45) is 5.10 Å². The van der Waals surface area contributed by atoms with Crippen LogP contribution in [0, 0.1) is 6.92 Å². The number of nitrogens with zero attached hydrogens (tertiary/aromatic N) is 3. The number of nitrogens with one attached hydrogen (secondary N) is 1. The van der Waals surface area contributed by atoms with E-state index in [9.17, 15) is 15.3 Å². The first kappa shape index (κ1) is 16.4. The molecule has 0 bridgehead atoms. The average Bonchev–Trinajstić information content (AvgIpc) is 2.46. The fourth-order valence-corrected chi connectivity index (χ4v) is 1.26. The van der Waals surface area contributed by atoms with Crippen LogP contribution in [0.1, 0.15) is 5.69 Å². The van der Waals surface area contributed by atoms with Gasteiger partial charge in [-0.05, 0) is 19.1 Å². The summed E-state index contributed by atoms with van der Waals surface area (Å²) >= 11 is 0. The number of aliphatic hydroxyl groups excluding tert-OH is 5. The van der Waals surface area contributed by atoms with Crippen molar-refractivity contribution in [1.82, 2.24) is 10.2 Å². The summed E-state index contributed by atoms with van der Waals surface area (Å²) in [5, 5.41) is 57.3. The molecular weight excluding hydrogens is 268 g/mol. The molecule has 9 nitrogen and oxygen atoms in total. The first-order chi connectivity index (χ1) is 9.45. The molecule has 112 valence electrons. The number of aliphatic hydroxyl groups is 5. The second-order valence-electron chi connectivity index (χ2n) is 4.17. The average molecular weight is 286 g/mol. The molecule has 0 radical (unpaired) electrons. The molecule has 1 heterocycles. The van der Waals surface area contributed by atoms with Crippen molar-refractivity contribution < 1.29 is 25.5 Å². The molecule has 4 atom stereocenters. The van der Waals surface area contributed by atoms with Crippen molar-refractivity contribution in [3.8, 4) is 0 Å². The molecule has 1 aromatic heterocycles. The minimum atomic E-state index is -1.69. The lowest BCUT2D eigenvalue weighted by Gasteiger charge is -2.23. The van der Waals surface area contributed by atoms with Gasteiger partial charge in [-0.3, -0.25) is 5.43 Å². The highest BCUT2D eigenvalue weighted by molar-refractivity contribution is 5.64. The van der Waals surface area contributed by atoms with Gasteiger partial charge in [0.15, 0.2) is 5.82 Å². The molecule has 20 heavy (non-hydrogen) atoms. The molecule has 0 aromatic carbocycles. The van der Waals surface area contributed by atoms with Crippen LogP contribution in [0.15, 0.2) is 17.2 Å². The number of hydrogen-bond donors (Lipinski definition) is 6. The first-order valence-corrected chi connectivity index (χ1v) is 5.88. The summed E-state index contributed by atoms with van der Waals surface area (Å²) in [6.07, 6.45) is -5.53. The van der Waals surface area contributed by atoms with Crippen molar-refractivity contribution in [3.63, 3.8) is 0 Å². The second kappa shape index (κ2) is 7.82. The molecule has 1 aromatic rings. The Kier molecular flexibility index (Phi) is 6.42. The Hall–Kier alpha value is -1.65. The summed E-state index contributed by atoms with van der Waals surface area (Å²) in [6, 6.07) is 3.32. The number of hydrazone groups is 1. The summed E-state index contributed by atoms with van der Waals surface area (Å²) in [7, 11) is 0. The van der Waals surface area contributed by atoms with E-state index in [1.807, 2.05) is 0 Å². The molecule has 0 spiro atoms. The van der Waals surface area contributed by atoms with Gasteiger partial charge in [0.2, 0.25) is 0 Å². The van der Waals surface area contributed by atoms with Crippen LogP contribution in [0.25, 0.3) is 0 Å². The topological polar surface area (TPSA) is 151 Å². The SMILES string of the molecule is Cc1ccc(NN=C[C@@H](O)[C@@H](O)[C@H](O)[C@H](O)CO)nn1. The molecular formula is C11H18N4O5. The van der Waals surface area contributed by atoms with Gasteiger partial charge in [-0.2, -0.15) is 10.2 Å². The molecule has 0 aliphatic rings. The van der Waals surface area contributed by atoms with E-state index in [1.54, 1.807) is 19.1 Å². The van der Waals surface area contributed by atoms with E-state index in [-0.39, 0.29) is 0 Å². The standard InChI is InChI=1S/C11H18N4O5/c1-6-2-3-9(15-13-6)14-12-4-7(17)10(19)11(20)8(18)5-16/h2-4,7-8,10-11,16-20H,5H2,1H3,(H,14,15)/t7-,8-,10-,11-/m1/s1. The maximum absolute atomic E-state index is 9.53. The summed E-state index contributed by atoms with van der Waals surface area (Å²) in [4.78, 5) is 0. The zero-order valence-electron chi connectivity index (χ0n) is 10.8. The Balaban J connectivity index is 2.50. The monoisotopic (exact) mass is 286 g/mol. The first-order valence-electron chi connectivity index (χ1n) is 5.88. The third-order valence-electron chi connectivity index (χ3n) is 2.49. The Morgan fingerprint density at radius 2 is 1.90 bits per heavy atom. The van der Waals surface area contributed by atoms with Crippen molar-refractivity contribution in [2.45, 2.75) is 31.3 Å². The molecule has 6 N–H and O–H groups in total. The van der Waals surface area contributed by atoms with Gasteiger partial charge < -0.3 is 25.5 Å². The second-order valence-corrected chi connectivity index (χ2v) is 4.17. The highest BCUT2D eigenvalue weighted by Gasteiger charge is 2.29. The number of hydrogen-bond acceptors (Lipinski definition) is 9. The summed E-state index contributed by atoms with van der Waals surface area (Å²) in [6.45, 7) is 1.04. The van der Waals surface area contributed by atoms with Crippen LogP contribution in [0.3, 0.4) is 0 Å². The van der Waals surface area contributed by atoms with E-state index in [0.29, 0.717) is 5.82 Å². The van der Waals surface area contributed by atoms with E-state index in [1.165, 1.54) is 0 Å². The van der Waals surface area contributed by atoms with Crippen LogP contribution in [-0.4, -0.2) is 73.0 Å². The highest BCUT2D eigenvalue weighted by Crippen LogP contribution is 2.04. The van der Waals surface area contributed by atoms with E-state index >= 15 is 0 Å². The molecule has 0 aliphatic carbocycles. The quantitative estimate of drug-likeness (QED) is 0.240. The summed E-state index contributed by atoms with van der Waals surface area (Å²) in [5.74, 6) is 0.337. The van der Waals surface area contributed by atoms with Gasteiger partial charge in [0.1, 0.15) is 24.4 Å². The van der Waals surface area contributed by atoms with Crippen molar-refractivity contribution in [3.05, 3.63) is 17.8 Å². The normalized spacial score (nSPS) is 17.7. The Bertz CT molecular complexity index is 427. The highest BCUT2D eigenvalue weighted by atomic mass is 16.4. The predicted octanol–water partition coefficient (Wildman–Crippen LogP) is -2.38. The third-order valence-corrected chi connectivity index (χ3v) is 2.49.